The Hall–Kier alpha value is -2.13. The van der Waals surface area contributed by atoms with Gasteiger partial charge in [0.1, 0.15) is 0 Å². The van der Waals surface area contributed by atoms with Crippen LogP contribution >= 0.6 is 0 Å². The van der Waals surface area contributed by atoms with Crippen molar-refractivity contribution in [1.82, 2.24) is 4.90 Å². The lowest BCUT2D eigenvalue weighted by Gasteiger charge is -2.16. The topological polar surface area (TPSA) is 29.5 Å². The molecule has 1 amide bonds. The third-order valence-electron chi connectivity index (χ3n) is 3.98. The molecule has 0 radical (unpaired) electrons. The molecule has 1 saturated heterocycles. The van der Waals surface area contributed by atoms with Crippen molar-refractivity contribution in [2.45, 2.75) is 19.6 Å². The first-order valence-corrected chi connectivity index (χ1v) is 7.74. The van der Waals surface area contributed by atoms with Gasteiger partial charge in [-0.05, 0) is 11.1 Å². The standard InChI is InChI=1S/C19H21NO2/c21-19-11-18(15-22-14-17-9-5-2-6-10-17)13-20(19)12-16-7-3-1-4-8-16/h1-10,18H,11-15H2/t18-/m1/s1. The Morgan fingerprint density at radius 1 is 0.955 bits per heavy atom. The maximum absolute atomic E-state index is 12.1. The number of nitrogens with zero attached hydrogens (tertiary/aromatic N) is 1. The van der Waals surface area contributed by atoms with Crippen molar-refractivity contribution >= 4 is 5.91 Å². The van der Waals surface area contributed by atoms with Crippen LogP contribution in [0.25, 0.3) is 0 Å². The van der Waals surface area contributed by atoms with Crippen LogP contribution < -0.4 is 0 Å². The molecule has 3 rings (SSSR count). The zero-order valence-electron chi connectivity index (χ0n) is 12.7. The monoisotopic (exact) mass is 295 g/mol. The summed E-state index contributed by atoms with van der Waals surface area (Å²) in [4.78, 5) is 14.0. The van der Waals surface area contributed by atoms with Gasteiger partial charge in [0, 0.05) is 25.4 Å². The lowest BCUT2D eigenvalue weighted by molar-refractivity contribution is -0.128. The van der Waals surface area contributed by atoms with Crippen LogP contribution in [0.4, 0.5) is 0 Å². The maximum atomic E-state index is 12.1. The summed E-state index contributed by atoms with van der Waals surface area (Å²) < 4.78 is 5.77. The van der Waals surface area contributed by atoms with E-state index in [2.05, 4.69) is 24.3 Å². The average molecular weight is 295 g/mol. The van der Waals surface area contributed by atoms with Gasteiger partial charge in [-0.1, -0.05) is 60.7 Å². The molecule has 22 heavy (non-hydrogen) atoms. The summed E-state index contributed by atoms with van der Waals surface area (Å²) in [5.41, 5.74) is 2.36. The number of likely N-dealkylation sites (tertiary alicyclic amines) is 1. The smallest absolute Gasteiger partial charge is 0.223 e. The average Bonchev–Trinajstić information content (AvgIpc) is 2.89. The molecule has 0 aromatic heterocycles. The van der Waals surface area contributed by atoms with E-state index in [1.165, 1.54) is 11.1 Å². The van der Waals surface area contributed by atoms with E-state index in [0.29, 0.717) is 32.1 Å². The summed E-state index contributed by atoms with van der Waals surface area (Å²) in [7, 11) is 0. The van der Waals surface area contributed by atoms with E-state index in [1.54, 1.807) is 0 Å². The van der Waals surface area contributed by atoms with Crippen LogP contribution in [0.3, 0.4) is 0 Å². The van der Waals surface area contributed by atoms with Gasteiger partial charge in [0.05, 0.1) is 13.2 Å². The van der Waals surface area contributed by atoms with E-state index in [1.807, 2.05) is 41.3 Å². The maximum Gasteiger partial charge on any atom is 0.223 e. The molecular formula is C19H21NO2. The minimum Gasteiger partial charge on any atom is -0.376 e. The molecule has 0 spiro atoms. The van der Waals surface area contributed by atoms with E-state index in [9.17, 15) is 4.79 Å². The van der Waals surface area contributed by atoms with Crippen molar-refractivity contribution in [3.63, 3.8) is 0 Å². The highest BCUT2D eigenvalue weighted by molar-refractivity contribution is 5.78. The molecule has 1 heterocycles. The number of hydrogen-bond acceptors (Lipinski definition) is 2. The molecule has 0 saturated carbocycles. The van der Waals surface area contributed by atoms with E-state index in [-0.39, 0.29) is 5.91 Å². The van der Waals surface area contributed by atoms with E-state index < -0.39 is 0 Å². The van der Waals surface area contributed by atoms with Gasteiger partial charge < -0.3 is 9.64 Å². The number of benzene rings is 2. The molecule has 1 atom stereocenters. The van der Waals surface area contributed by atoms with Crippen LogP contribution in [0.2, 0.25) is 0 Å². The molecule has 0 bridgehead atoms. The van der Waals surface area contributed by atoms with Crippen LogP contribution in [-0.4, -0.2) is 24.0 Å². The van der Waals surface area contributed by atoms with E-state index in [0.717, 1.165) is 6.54 Å². The minimum atomic E-state index is 0.233. The minimum absolute atomic E-state index is 0.233. The quantitative estimate of drug-likeness (QED) is 0.818. The third-order valence-corrected chi connectivity index (χ3v) is 3.98. The number of carbonyl (C=O) groups excluding carboxylic acids is 1. The molecule has 1 fully saturated rings. The number of rotatable bonds is 6. The summed E-state index contributed by atoms with van der Waals surface area (Å²) in [6.45, 7) is 2.76. The van der Waals surface area contributed by atoms with Gasteiger partial charge in [-0.25, -0.2) is 0 Å². The third kappa shape index (κ3) is 3.95. The lowest BCUT2D eigenvalue weighted by Crippen LogP contribution is -2.25. The second-order valence-electron chi connectivity index (χ2n) is 5.83. The predicted octanol–water partition coefficient (Wildman–Crippen LogP) is 3.25. The van der Waals surface area contributed by atoms with Crippen LogP contribution in [-0.2, 0) is 22.7 Å². The highest BCUT2D eigenvalue weighted by atomic mass is 16.5. The highest BCUT2D eigenvalue weighted by Crippen LogP contribution is 2.20. The van der Waals surface area contributed by atoms with Crippen molar-refractivity contribution in [3.05, 3.63) is 71.8 Å². The Balaban J connectivity index is 1.45. The molecule has 0 aliphatic carbocycles. The Bertz CT molecular complexity index is 597. The molecule has 1 aliphatic rings. The second-order valence-corrected chi connectivity index (χ2v) is 5.83. The summed E-state index contributed by atoms with van der Waals surface area (Å²) in [5.74, 6) is 0.539. The Kier molecular flexibility index (Phi) is 4.86. The van der Waals surface area contributed by atoms with Crippen molar-refractivity contribution in [2.75, 3.05) is 13.2 Å². The molecule has 114 valence electrons. The molecule has 2 aromatic carbocycles. The summed E-state index contributed by atoms with van der Waals surface area (Å²) in [6.07, 6.45) is 0.599. The van der Waals surface area contributed by atoms with Crippen molar-refractivity contribution in [2.24, 2.45) is 5.92 Å². The number of ether oxygens (including phenoxy) is 1. The zero-order chi connectivity index (χ0) is 15.2. The van der Waals surface area contributed by atoms with Gasteiger partial charge in [-0.15, -0.1) is 0 Å². The Morgan fingerprint density at radius 3 is 2.27 bits per heavy atom. The molecular weight excluding hydrogens is 274 g/mol. The van der Waals surface area contributed by atoms with Crippen LogP contribution in [0.1, 0.15) is 17.5 Å². The Labute approximate surface area is 131 Å². The largest absolute Gasteiger partial charge is 0.376 e. The number of amides is 1. The molecule has 1 aliphatic heterocycles. The van der Waals surface area contributed by atoms with Gasteiger partial charge in [0.25, 0.3) is 0 Å². The number of hydrogen-bond donors (Lipinski definition) is 0. The first-order valence-electron chi connectivity index (χ1n) is 7.74. The van der Waals surface area contributed by atoms with Gasteiger partial charge in [-0.3, -0.25) is 4.79 Å². The van der Waals surface area contributed by atoms with Crippen LogP contribution in [0.5, 0.6) is 0 Å². The van der Waals surface area contributed by atoms with Gasteiger partial charge in [0.2, 0.25) is 5.91 Å². The van der Waals surface area contributed by atoms with E-state index >= 15 is 0 Å². The summed E-state index contributed by atoms with van der Waals surface area (Å²) >= 11 is 0. The van der Waals surface area contributed by atoms with Gasteiger partial charge >= 0.3 is 0 Å². The fourth-order valence-corrected chi connectivity index (χ4v) is 2.84. The molecule has 3 nitrogen and oxygen atoms in total. The fourth-order valence-electron chi connectivity index (χ4n) is 2.84. The molecule has 2 aromatic rings. The van der Waals surface area contributed by atoms with Crippen molar-refractivity contribution in [3.8, 4) is 0 Å². The highest BCUT2D eigenvalue weighted by Gasteiger charge is 2.29. The van der Waals surface area contributed by atoms with E-state index in [4.69, 9.17) is 4.74 Å². The normalized spacial score (nSPS) is 17.9. The van der Waals surface area contributed by atoms with Crippen molar-refractivity contribution in [1.29, 1.82) is 0 Å². The van der Waals surface area contributed by atoms with Crippen molar-refractivity contribution < 1.29 is 9.53 Å². The first kappa shape index (κ1) is 14.8. The Morgan fingerprint density at radius 2 is 1.59 bits per heavy atom. The SMILES string of the molecule is O=C1C[C@@H](COCc2ccccc2)CN1Cc1ccccc1. The van der Waals surface area contributed by atoms with Crippen LogP contribution in [0, 0.1) is 5.92 Å². The first-order chi connectivity index (χ1) is 10.8. The molecule has 0 unspecified atom stereocenters. The van der Waals surface area contributed by atoms with Gasteiger partial charge in [-0.2, -0.15) is 0 Å². The summed E-state index contributed by atoms with van der Waals surface area (Å²) in [5, 5.41) is 0. The molecule has 0 N–H and O–H groups in total. The second kappa shape index (κ2) is 7.23. The predicted molar refractivity (Wildman–Crippen MR) is 86.1 cm³/mol. The fraction of sp³-hybridized carbons (Fsp3) is 0.316. The lowest BCUT2D eigenvalue weighted by atomic mass is 10.1. The summed E-state index contributed by atoms with van der Waals surface area (Å²) in [6, 6.07) is 20.3. The van der Waals surface area contributed by atoms with Crippen LogP contribution in [0.15, 0.2) is 60.7 Å². The number of carbonyl (C=O) groups is 1. The van der Waals surface area contributed by atoms with Gasteiger partial charge in [0.15, 0.2) is 0 Å². The zero-order valence-corrected chi connectivity index (χ0v) is 12.7. The molecule has 3 heteroatoms.